The zero-order valence-corrected chi connectivity index (χ0v) is 12.5. The molecule has 1 aromatic carbocycles. The topological polar surface area (TPSA) is 106 Å². The summed E-state index contributed by atoms with van der Waals surface area (Å²) in [6.07, 6.45) is 0.731. The molecule has 0 saturated heterocycles. The largest absolute Gasteiger partial charge is 0.240 e. The maximum absolute atomic E-state index is 11.9. The van der Waals surface area contributed by atoms with Gasteiger partial charge >= 0.3 is 0 Å². The summed E-state index contributed by atoms with van der Waals surface area (Å²) < 4.78 is 48.3. The van der Waals surface area contributed by atoms with E-state index in [1.54, 1.807) is 0 Å². The molecule has 0 amide bonds. The third-order valence-corrected chi connectivity index (χ3v) is 4.88. The first-order valence-corrected chi connectivity index (χ1v) is 8.78. The Morgan fingerprint density at radius 1 is 1.05 bits per heavy atom. The number of hydrogen-bond donors (Lipinski definition) is 2. The van der Waals surface area contributed by atoms with Crippen molar-refractivity contribution in [1.29, 1.82) is 0 Å². The predicted molar refractivity (Wildman–Crippen MR) is 72.5 cm³/mol. The Morgan fingerprint density at radius 3 is 1.95 bits per heavy atom. The van der Waals surface area contributed by atoms with Crippen molar-refractivity contribution < 1.29 is 16.8 Å². The Morgan fingerprint density at radius 2 is 1.53 bits per heavy atom. The van der Waals surface area contributed by atoms with Crippen LogP contribution in [0.15, 0.2) is 34.1 Å². The Labute approximate surface area is 114 Å². The van der Waals surface area contributed by atoms with Gasteiger partial charge in [0.25, 0.3) is 0 Å². The first kappa shape index (κ1) is 16.1. The smallest absolute Gasteiger partial charge is 0.225 e. The van der Waals surface area contributed by atoms with Gasteiger partial charge in [-0.1, -0.05) is 13.8 Å². The van der Waals surface area contributed by atoms with Gasteiger partial charge in [-0.2, -0.15) is 0 Å². The highest BCUT2D eigenvalue weighted by molar-refractivity contribution is 7.89. The summed E-state index contributed by atoms with van der Waals surface area (Å²) in [4.78, 5) is -0.0997. The number of nitrogens with one attached hydrogen (secondary N) is 1. The molecule has 0 saturated carbocycles. The third-order valence-electron chi connectivity index (χ3n) is 2.48. The lowest BCUT2D eigenvalue weighted by Crippen LogP contribution is -2.25. The Balaban J connectivity index is 2.85. The molecule has 0 aromatic heterocycles. The van der Waals surface area contributed by atoms with E-state index in [2.05, 4.69) is 4.72 Å². The standard InChI is InChI=1S/C11H18N2O4S2/c1-9(2)7-8-13-19(16,17)11-5-3-10(4-6-11)18(12,14)15/h3-6,9,13H,7-8H2,1-2H3,(H2,12,14,15). The molecule has 0 atom stereocenters. The summed E-state index contributed by atoms with van der Waals surface area (Å²) in [6, 6.07) is 4.79. The number of primary sulfonamides is 1. The highest BCUT2D eigenvalue weighted by Gasteiger charge is 2.15. The maximum atomic E-state index is 11.9. The Hall–Kier alpha value is -0.960. The highest BCUT2D eigenvalue weighted by atomic mass is 32.2. The van der Waals surface area contributed by atoms with Gasteiger partial charge in [0.05, 0.1) is 9.79 Å². The van der Waals surface area contributed by atoms with Crippen molar-refractivity contribution in [3.63, 3.8) is 0 Å². The molecule has 0 radical (unpaired) electrons. The van der Waals surface area contributed by atoms with Gasteiger partial charge in [0, 0.05) is 6.54 Å². The van der Waals surface area contributed by atoms with Gasteiger partial charge in [-0.3, -0.25) is 0 Å². The van der Waals surface area contributed by atoms with Gasteiger partial charge in [0.2, 0.25) is 20.0 Å². The number of nitrogens with two attached hydrogens (primary N) is 1. The maximum Gasteiger partial charge on any atom is 0.240 e. The van der Waals surface area contributed by atoms with Crippen LogP contribution in [0.3, 0.4) is 0 Å². The van der Waals surface area contributed by atoms with E-state index in [1.165, 1.54) is 24.3 Å². The van der Waals surface area contributed by atoms with Crippen molar-refractivity contribution in [2.75, 3.05) is 6.54 Å². The third kappa shape index (κ3) is 4.90. The fourth-order valence-electron chi connectivity index (χ4n) is 1.37. The molecule has 19 heavy (non-hydrogen) atoms. The second kappa shape index (κ2) is 6.00. The van der Waals surface area contributed by atoms with Crippen LogP contribution < -0.4 is 9.86 Å². The molecule has 0 unspecified atom stereocenters. The molecule has 0 spiro atoms. The van der Waals surface area contributed by atoms with Crippen LogP contribution in [0.5, 0.6) is 0 Å². The van der Waals surface area contributed by atoms with Gasteiger partial charge in [-0.15, -0.1) is 0 Å². The molecule has 3 N–H and O–H groups in total. The van der Waals surface area contributed by atoms with Crippen molar-refractivity contribution in [2.45, 2.75) is 30.1 Å². The number of sulfonamides is 2. The molecule has 0 fully saturated rings. The average Bonchev–Trinajstić information content (AvgIpc) is 2.27. The molecule has 0 aliphatic heterocycles. The van der Waals surface area contributed by atoms with E-state index < -0.39 is 20.0 Å². The van der Waals surface area contributed by atoms with Gasteiger partial charge in [0.1, 0.15) is 0 Å². The van der Waals surface area contributed by atoms with Crippen molar-refractivity contribution in [2.24, 2.45) is 11.1 Å². The number of benzene rings is 1. The quantitative estimate of drug-likeness (QED) is 0.805. The second-order valence-corrected chi connectivity index (χ2v) is 7.93. The normalized spacial score (nSPS) is 12.8. The van der Waals surface area contributed by atoms with Crippen LogP contribution >= 0.6 is 0 Å². The van der Waals surface area contributed by atoms with Gasteiger partial charge in [-0.05, 0) is 36.6 Å². The van der Waals surface area contributed by atoms with Crippen molar-refractivity contribution in [1.82, 2.24) is 4.72 Å². The lowest BCUT2D eigenvalue weighted by atomic mass is 10.1. The van der Waals surface area contributed by atoms with Gasteiger partial charge < -0.3 is 0 Å². The minimum Gasteiger partial charge on any atom is -0.225 e. The summed E-state index contributed by atoms with van der Waals surface area (Å²) in [5, 5.41) is 4.94. The molecule has 0 heterocycles. The lowest BCUT2D eigenvalue weighted by molar-refractivity contribution is 0.551. The fraction of sp³-hybridized carbons (Fsp3) is 0.455. The zero-order chi connectivity index (χ0) is 14.7. The first-order valence-electron chi connectivity index (χ1n) is 5.75. The summed E-state index contributed by atoms with van der Waals surface area (Å²) in [7, 11) is -7.41. The zero-order valence-electron chi connectivity index (χ0n) is 10.8. The van der Waals surface area contributed by atoms with Crippen LogP contribution in [0.2, 0.25) is 0 Å². The van der Waals surface area contributed by atoms with Crippen molar-refractivity contribution in [3.8, 4) is 0 Å². The minimum atomic E-state index is -3.81. The van der Waals surface area contributed by atoms with E-state index in [1.807, 2.05) is 13.8 Å². The highest BCUT2D eigenvalue weighted by Crippen LogP contribution is 2.13. The van der Waals surface area contributed by atoms with Crippen molar-refractivity contribution in [3.05, 3.63) is 24.3 Å². The van der Waals surface area contributed by atoms with E-state index in [0.717, 1.165) is 6.42 Å². The van der Waals surface area contributed by atoms with Crippen molar-refractivity contribution >= 4 is 20.0 Å². The number of rotatable bonds is 6. The second-order valence-electron chi connectivity index (χ2n) is 4.60. The van der Waals surface area contributed by atoms with E-state index in [0.29, 0.717) is 12.5 Å². The summed E-state index contributed by atoms with van der Waals surface area (Å²) in [5.74, 6) is 0.396. The first-order chi connectivity index (χ1) is 8.63. The van der Waals surface area contributed by atoms with E-state index in [4.69, 9.17) is 5.14 Å². The van der Waals surface area contributed by atoms with E-state index in [9.17, 15) is 16.8 Å². The van der Waals surface area contributed by atoms with Gasteiger partial charge in [0.15, 0.2) is 0 Å². The molecule has 1 rings (SSSR count). The molecule has 6 nitrogen and oxygen atoms in total. The molecular weight excluding hydrogens is 288 g/mol. The van der Waals surface area contributed by atoms with Crippen LogP contribution in [0.1, 0.15) is 20.3 Å². The monoisotopic (exact) mass is 306 g/mol. The number of hydrogen-bond acceptors (Lipinski definition) is 4. The van der Waals surface area contributed by atoms with E-state index >= 15 is 0 Å². The van der Waals surface area contributed by atoms with Crippen LogP contribution in [0.25, 0.3) is 0 Å². The van der Waals surface area contributed by atoms with Crippen LogP contribution in [-0.2, 0) is 20.0 Å². The Bertz CT molecular complexity index is 619. The lowest BCUT2D eigenvalue weighted by Gasteiger charge is -2.08. The van der Waals surface area contributed by atoms with Crippen LogP contribution in [0.4, 0.5) is 0 Å². The summed E-state index contributed by atoms with van der Waals surface area (Å²) >= 11 is 0. The minimum absolute atomic E-state index is 0.0173. The summed E-state index contributed by atoms with van der Waals surface area (Å²) in [6.45, 7) is 4.33. The Kier molecular flexibility index (Phi) is 5.08. The average molecular weight is 306 g/mol. The molecule has 1 aromatic rings. The van der Waals surface area contributed by atoms with Crippen LogP contribution in [-0.4, -0.2) is 23.4 Å². The van der Waals surface area contributed by atoms with E-state index in [-0.39, 0.29) is 9.79 Å². The molecule has 8 heteroatoms. The molecule has 108 valence electrons. The fourth-order valence-corrected chi connectivity index (χ4v) is 2.94. The van der Waals surface area contributed by atoms with Gasteiger partial charge in [-0.25, -0.2) is 26.7 Å². The molecular formula is C11H18N2O4S2. The molecule has 0 bridgehead atoms. The summed E-state index contributed by atoms with van der Waals surface area (Å²) in [5.41, 5.74) is 0. The SMILES string of the molecule is CC(C)CCNS(=O)(=O)c1ccc(S(N)(=O)=O)cc1. The molecule has 0 aliphatic rings. The van der Waals surface area contributed by atoms with Crippen LogP contribution in [0, 0.1) is 5.92 Å². The predicted octanol–water partition coefficient (Wildman–Crippen LogP) is 0.658. The molecule has 0 aliphatic carbocycles.